The van der Waals surface area contributed by atoms with E-state index in [1.54, 1.807) is 0 Å². The number of nitrogens with zero attached hydrogens (tertiary/aromatic N) is 1. The average Bonchev–Trinajstić information content (AvgIpc) is 3.24. The fraction of sp³-hybridized carbons (Fsp3) is 0.429. The van der Waals surface area contributed by atoms with Crippen LogP contribution in [0.4, 0.5) is 0 Å². The number of fused-ring (bicyclic) bond motifs is 4. The molecule has 124 valence electrons. The van der Waals surface area contributed by atoms with Crippen molar-refractivity contribution in [3.8, 4) is 0 Å². The predicted octanol–water partition coefficient (Wildman–Crippen LogP) is 7.29. The van der Waals surface area contributed by atoms with Crippen LogP contribution < -0.4 is 0 Å². The van der Waals surface area contributed by atoms with Gasteiger partial charge in [-0.1, -0.05) is 44.7 Å². The molecule has 0 amide bonds. The van der Waals surface area contributed by atoms with Crippen molar-refractivity contribution in [2.45, 2.75) is 45.1 Å². The van der Waals surface area contributed by atoms with Crippen molar-refractivity contribution in [1.29, 1.82) is 0 Å². The molecule has 1 heterocycles. The molecule has 2 atom stereocenters. The highest BCUT2D eigenvalue weighted by Crippen LogP contribution is 2.63. The Labute approximate surface area is 159 Å². The zero-order chi connectivity index (χ0) is 16.3. The maximum Gasteiger partial charge on any atom is 0.0492 e. The lowest BCUT2D eigenvalue weighted by Crippen LogP contribution is -2.12. The van der Waals surface area contributed by atoms with Gasteiger partial charge in [0.25, 0.3) is 0 Å². The van der Waals surface area contributed by atoms with Crippen molar-refractivity contribution in [2.75, 3.05) is 0 Å². The topological polar surface area (TPSA) is 4.93 Å². The van der Waals surface area contributed by atoms with Gasteiger partial charge in [0, 0.05) is 37.3 Å². The fourth-order valence-electron chi connectivity index (χ4n) is 5.07. The van der Waals surface area contributed by atoms with E-state index in [0.717, 1.165) is 21.4 Å². The number of benzene rings is 2. The number of halogens is 2. The van der Waals surface area contributed by atoms with Crippen LogP contribution in [0.5, 0.6) is 0 Å². The molecule has 2 fully saturated rings. The van der Waals surface area contributed by atoms with Crippen molar-refractivity contribution in [1.82, 2.24) is 4.57 Å². The molecule has 1 nitrogen and oxygen atoms in total. The summed E-state index contributed by atoms with van der Waals surface area (Å²) in [5.74, 6) is 1.03. The zero-order valence-electron chi connectivity index (χ0n) is 13.7. The van der Waals surface area contributed by atoms with Gasteiger partial charge in [0.2, 0.25) is 0 Å². The Morgan fingerprint density at radius 2 is 1.62 bits per heavy atom. The van der Waals surface area contributed by atoms with Crippen molar-refractivity contribution in [2.24, 2.45) is 11.3 Å². The number of hydrogen-bond donors (Lipinski definition) is 0. The van der Waals surface area contributed by atoms with Crippen molar-refractivity contribution < 1.29 is 0 Å². The molecule has 2 aliphatic rings. The lowest BCUT2D eigenvalue weighted by Gasteiger charge is -2.22. The number of aryl methyl sites for hydroxylation is 1. The third kappa shape index (κ3) is 2.39. The quantitative estimate of drug-likeness (QED) is 0.398. The Morgan fingerprint density at radius 3 is 2.25 bits per heavy atom. The van der Waals surface area contributed by atoms with Gasteiger partial charge in [-0.2, -0.15) is 0 Å². The average molecular weight is 447 g/mol. The molecule has 0 aliphatic heterocycles. The maximum absolute atomic E-state index is 3.64. The van der Waals surface area contributed by atoms with Gasteiger partial charge in [-0.15, -0.1) is 0 Å². The minimum atomic E-state index is 0.686. The van der Waals surface area contributed by atoms with E-state index in [2.05, 4.69) is 72.8 Å². The van der Waals surface area contributed by atoms with Crippen LogP contribution >= 0.6 is 31.9 Å². The summed E-state index contributed by atoms with van der Waals surface area (Å²) in [5, 5.41) is 2.71. The molecule has 0 N–H and O–H groups in total. The summed E-state index contributed by atoms with van der Waals surface area (Å²) in [4.78, 5) is 0. The molecule has 0 bridgehead atoms. The van der Waals surface area contributed by atoms with E-state index >= 15 is 0 Å². The molecule has 2 saturated carbocycles. The van der Waals surface area contributed by atoms with E-state index in [1.165, 1.54) is 60.3 Å². The molecule has 2 aliphatic carbocycles. The summed E-state index contributed by atoms with van der Waals surface area (Å²) in [6.45, 7) is 1.15. The van der Waals surface area contributed by atoms with Crippen LogP contribution in [0.25, 0.3) is 21.8 Å². The van der Waals surface area contributed by atoms with Crippen molar-refractivity contribution >= 4 is 53.7 Å². The molecule has 3 aromatic rings. The largest absolute Gasteiger partial charge is 0.340 e. The molecular weight excluding hydrogens is 426 g/mol. The van der Waals surface area contributed by atoms with Crippen LogP contribution in [0, 0.1) is 11.3 Å². The van der Waals surface area contributed by atoms with Crippen molar-refractivity contribution in [3.05, 3.63) is 45.3 Å². The third-order valence-electron chi connectivity index (χ3n) is 6.46. The molecule has 0 radical (unpaired) electrons. The number of rotatable bonds is 3. The molecule has 1 aromatic heterocycles. The minimum Gasteiger partial charge on any atom is -0.340 e. The number of aromatic nitrogens is 1. The molecule has 0 saturated heterocycles. The normalized spacial score (nSPS) is 26.0. The lowest BCUT2D eigenvalue weighted by atomic mass is 9.86. The molecular formula is C21H21Br2N. The van der Waals surface area contributed by atoms with E-state index in [9.17, 15) is 0 Å². The monoisotopic (exact) mass is 445 g/mol. The second kappa shape index (κ2) is 5.60. The SMILES string of the molecule is Brc1ccc2c(c1)c1cc(Br)ccc1n2CC[C@]12CCCC[C@@H]1C2. The van der Waals surface area contributed by atoms with Crippen LogP contribution in [-0.4, -0.2) is 4.57 Å². The first-order chi connectivity index (χ1) is 11.7. The van der Waals surface area contributed by atoms with Gasteiger partial charge in [0.05, 0.1) is 0 Å². The standard InChI is InChI=1S/C21H21Br2N/c22-15-4-6-19-17(11-15)18-12-16(23)5-7-20(18)24(19)10-9-21-8-2-1-3-14(21)13-21/h4-7,11-12,14H,1-3,8-10,13H2/t14-,21+/m1/s1. The zero-order valence-corrected chi connectivity index (χ0v) is 16.9. The van der Waals surface area contributed by atoms with Crippen LogP contribution in [0.2, 0.25) is 0 Å². The Morgan fingerprint density at radius 1 is 0.958 bits per heavy atom. The molecule has 0 spiro atoms. The maximum atomic E-state index is 3.64. The molecule has 5 rings (SSSR count). The summed E-state index contributed by atoms with van der Waals surface area (Å²) < 4.78 is 4.87. The summed E-state index contributed by atoms with van der Waals surface area (Å²) in [6.07, 6.45) is 8.69. The van der Waals surface area contributed by atoms with E-state index in [4.69, 9.17) is 0 Å². The minimum absolute atomic E-state index is 0.686. The smallest absolute Gasteiger partial charge is 0.0492 e. The van der Waals surface area contributed by atoms with E-state index in [1.807, 2.05) is 0 Å². The second-order valence-corrected chi connectivity index (χ2v) is 9.57. The first-order valence-electron chi connectivity index (χ1n) is 9.03. The van der Waals surface area contributed by atoms with Gasteiger partial charge in [-0.05, 0) is 73.4 Å². The van der Waals surface area contributed by atoms with Crippen LogP contribution in [0.1, 0.15) is 38.5 Å². The van der Waals surface area contributed by atoms with Gasteiger partial charge < -0.3 is 4.57 Å². The first kappa shape index (κ1) is 15.5. The van der Waals surface area contributed by atoms with Crippen LogP contribution in [0.15, 0.2) is 45.3 Å². The summed E-state index contributed by atoms with van der Waals surface area (Å²) in [7, 11) is 0. The Bertz CT molecular complexity index is 883. The van der Waals surface area contributed by atoms with E-state index in [0.29, 0.717) is 5.41 Å². The Hall–Kier alpha value is -0.800. The Balaban J connectivity index is 1.58. The van der Waals surface area contributed by atoms with Crippen LogP contribution in [-0.2, 0) is 6.54 Å². The Kier molecular flexibility index (Phi) is 3.61. The predicted molar refractivity (Wildman–Crippen MR) is 108 cm³/mol. The molecule has 0 unspecified atom stereocenters. The van der Waals surface area contributed by atoms with Crippen LogP contribution in [0.3, 0.4) is 0 Å². The lowest BCUT2D eigenvalue weighted by molar-refractivity contribution is 0.304. The second-order valence-electron chi connectivity index (χ2n) is 7.73. The van der Waals surface area contributed by atoms with Gasteiger partial charge >= 0.3 is 0 Å². The first-order valence-corrected chi connectivity index (χ1v) is 10.6. The highest BCUT2D eigenvalue weighted by atomic mass is 79.9. The third-order valence-corrected chi connectivity index (χ3v) is 7.44. The van der Waals surface area contributed by atoms with E-state index < -0.39 is 0 Å². The van der Waals surface area contributed by atoms with Gasteiger partial charge in [-0.25, -0.2) is 0 Å². The van der Waals surface area contributed by atoms with Gasteiger partial charge in [-0.3, -0.25) is 0 Å². The summed E-state index contributed by atoms with van der Waals surface area (Å²) in [5.41, 5.74) is 3.43. The highest BCUT2D eigenvalue weighted by molar-refractivity contribution is 9.10. The summed E-state index contributed by atoms with van der Waals surface area (Å²) >= 11 is 7.28. The summed E-state index contributed by atoms with van der Waals surface area (Å²) in [6, 6.07) is 13.4. The molecule has 2 aromatic carbocycles. The fourth-order valence-corrected chi connectivity index (χ4v) is 5.79. The van der Waals surface area contributed by atoms with E-state index in [-0.39, 0.29) is 0 Å². The molecule has 3 heteroatoms. The van der Waals surface area contributed by atoms with Crippen molar-refractivity contribution in [3.63, 3.8) is 0 Å². The van der Waals surface area contributed by atoms with Gasteiger partial charge in [0.1, 0.15) is 0 Å². The number of hydrogen-bond acceptors (Lipinski definition) is 0. The highest BCUT2D eigenvalue weighted by Gasteiger charge is 2.53. The van der Waals surface area contributed by atoms with Gasteiger partial charge in [0.15, 0.2) is 0 Å². The molecule has 24 heavy (non-hydrogen) atoms.